The zero-order valence-electron chi connectivity index (χ0n) is 13.2. The molecular formula is C18H21FN2O2. The Morgan fingerprint density at radius 2 is 2.00 bits per heavy atom. The number of nitrogens with zero attached hydrogens (tertiary/aromatic N) is 1. The van der Waals surface area contributed by atoms with E-state index in [1.54, 1.807) is 12.1 Å². The molecule has 1 N–H and O–H groups in total. The van der Waals surface area contributed by atoms with Crippen molar-refractivity contribution in [2.75, 3.05) is 19.6 Å². The SMILES string of the molecule is Cc1ccc([C@H](CNC(=O)c2ccccc2F)N2CCCC2)o1. The molecule has 0 aliphatic carbocycles. The van der Waals surface area contributed by atoms with Crippen LogP contribution in [0.2, 0.25) is 0 Å². The Kier molecular flexibility index (Phi) is 4.76. The van der Waals surface area contributed by atoms with E-state index >= 15 is 0 Å². The lowest BCUT2D eigenvalue weighted by Crippen LogP contribution is -2.36. The van der Waals surface area contributed by atoms with Gasteiger partial charge >= 0.3 is 0 Å². The summed E-state index contributed by atoms with van der Waals surface area (Å²) in [6.45, 7) is 4.28. The molecule has 122 valence electrons. The predicted octanol–water partition coefficient (Wildman–Crippen LogP) is 3.29. The number of likely N-dealkylation sites (tertiary alicyclic amines) is 1. The van der Waals surface area contributed by atoms with E-state index in [2.05, 4.69) is 10.2 Å². The number of nitrogens with one attached hydrogen (secondary N) is 1. The molecule has 0 saturated carbocycles. The van der Waals surface area contributed by atoms with E-state index in [9.17, 15) is 9.18 Å². The van der Waals surface area contributed by atoms with Crippen molar-refractivity contribution in [3.05, 3.63) is 59.3 Å². The van der Waals surface area contributed by atoms with Crippen LogP contribution in [0.15, 0.2) is 40.8 Å². The summed E-state index contributed by atoms with van der Waals surface area (Å²) in [6, 6.07) is 9.89. The lowest BCUT2D eigenvalue weighted by Gasteiger charge is -2.26. The van der Waals surface area contributed by atoms with E-state index < -0.39 is 11.7 Å². The number of amides is 1. The molecule has 5 heteroatoms. The topological polar surface area (TPSA) is 45.5 Å². The van der Waals surface area contributed by atoms with Gasteiger partial charge < -0.3 is 9.73 Å². The number of carbonyl (C=O) groups excluding carboxylic acids is 1. The molecule has 1 atom stereocenters. The quantitative estimate of drug-likeness (QED) is 0.920. The molecule has 1 aromatic heterocycles. The summed E-state index contributed by atoms with van der Waals surface area (Å²) in [5.41, 5.74) is 0.0725. The maximum absolute atomic E-state index is 13.7. The second kappa shape index (κ2) is 6.96. The fraction of sp³-hybridized carbons (Fsp3) is 0.389. The van der Waals surface area contributed by atoms with Crippen molar-refractivity contribution in [3.63, 3.8) is 0 Å². The molecule has 0 bridgehead atoms. The lowest BCUT2D eigenvalue weighted by atomic mass is 10.1. The molecule has 2 heterocycles. The van der Waals surface area contributed by atoms with Crippen LogP contribution in [0.4, 0.5) is 4.39 Å². The van der Waals surface area contributed by atoms with Crippen LogP contribution in [-0.4, -0.2) is 30.4 Å². The molecule has 0 radical (unpaired) electrons. The first-order valence-electron chi connectivity index (χ1n) is 7.98. The van der Waals surface area contributed by atoms with Crippen LogP contribution in [0.5, 0.6) is 0 Å². The summed E-state index contributed by atoms with van der Waals surface area (Å²) in [7, 11) is 0. The largest absolute Gasteiger partial charge is 0.465 e. The standard InChI is InChI=1S/C18H21FN2O2/c1-13-8-9-17(23-13)16(21-10-4-5-11-21)12-20-18(22)14-6-2-3-7-15(14)19/h2-3,6-9,16H,4-5,10-12H2,1H3,(H,20,22)/t16-/m0/s1. The lowest BCUT2D eigenvalue weighted by molar-refractivity contribution is 0.0929. The van der Waals surface area contributed by atoms with E-state index in [4.69, 9.17) is 4.42 Å². The van der Waals surface area contributed by atoms with Crippen LogP contribution in [0.25, 0.3) is 0 Å². The van der Waals surface area contributed by atoms with Gasteiger partial charge in [-0.15, -0.1) is 0 Å². The minimum Gasteiger partial charge on any atom is -0.465 e. The van der Waals surface area contributed by atoms with E-state index in [0.717, 1.165) is 37.5 Å². The minimum absolute atomic E-state index is 0.0121. The fourth-order valence-electron chi connectivity index (χ4n) is 3.03. The van der Waals surface area contributed by atoms with Crippen molar-refractivity contribution in [2.45, 2.75) is 25.8 Å². The first-order valence-corrected chi connectivity index (χ1v) is 7.98. The fourth-order valence-corrected chi connectivity index (χ4v) is 3.03. The molecule has 0 unspecified atom stereocenters. The molecule has 3 rings (SSSR count). The molecule has 4 nitrogen and oxygen atoms in total. The van der Waals surface area contributed by atoms with E-state index in [1.807, 2.05) is 19.1 Å². The van der Waals surface area contributed by atoms with Crippen LogP contribution in [0.3, 0.4) is 0 Å². The average Bonchev–Trinajstić information content (AvgIpc) is 3.20. The van der Waals surface area contributed by atoms with Gasteiger partial charge in [-0.05, 0) is 57.1 Å². The molecule has 1 aliphatic rings. The second-order valence-electron chi connectivity index (χ2n) is 5.90. The first kappa shape index (κ1) is 15.7. The highest BCUT2D eigenvalue weighted by atomic mass is 19.1. The predicted molar refractivity (Wildman–Crippen MR) is 85.7 cm³/mol. The number of hydrogen-bond donors (Lipinski definition) is 1. The van der Waals surface area contributed by atoms with Crippen LogP contribution in [-0.2, 0) is 0 Å². The molecule has 23 heavy (non-hydrogen) atoms. The summed E-state index contributed by atoms with van der Waals surface area (Å²) < 4.78 is 19.5. The third-order valence-corrected chi connectivity index (χ3v) is 4.25. The smallest absolute Gasteiger partial charge is 0.254 e. The van der Waals surface area contributed by atoms with Crippen molar-refractivity contribution in [1.29, 1.82) is 0 Å². The molecule has 1 amide bonds. The number of hydrogen-bond acceptors (Lipinski definition) is 3. The van der Waals surface area contributed by atoms with E-state index in [1.165, 1.54) is 12.1 Å². The third-order valence-electron chi connectivity index (χ3n) is 4.25. The summed E-state index contributed by atoms with van der Waals surface area (Å²) in [6.07, 6.45) is 2.30. The summed E-state index contributed by atoms with van der Waals surface area (Å²) in [5, 5.41) is 2.84. The van der Waals surface area contributed by atoms with Gasteiger partial charge in [0.1, 0.15) is 17.3 Å². The van der Waals surface area contributed by atoms with Gasteiger partial charge in [0, 0.05) is 6.54 Å². The van der Waals surface area contributed by atoms with Crippen LogP contribution >= 0.6 is 0 Å². The summed E-state index contributed by atoms with van der Waals surface area (Å²) in [4.78, 5) is 14.5. The van der Waals surface area contributed by atoms with Crippen LogP contribution in [0, 0.1) is 12.7 Å². The second-order valence-corrected chi connectivity index (χ2v) is 5.90. The number of aryl methyl sites for hydroxylation is 1. The van der Waals surface area contributed by atoms with Gasteiger partial charge in [-0.1, -0.05) is 12.1 Å². The minimum atomic E-state index is -0.503. The number of rotatable bonds is 5. The van der Waals surface area contributed by atoms with Crippen LogP contribution < -0.4 is 5.32 Å². The Balaban J connectivity index is 1.71. The Hall–Kier alpha value is -2.14. The molecule has 1 aliphatic heterocycles. The van der Waals surface area contributed by atoms with Gasteiger partial charge in [0.2, 0.25) is 0 Å². The number of benzene rings is 1. The molecule has 1 aromatic carbocycles. The highest BCUT2D eigenvalue weighted by molar-refractivity contribution is 5.94. The zero-order chi connectivity index (χ0) is 16.2. The first-order chi connectivity index (χ1) is 11.1. The van der Waals surface area contributed by atoms with Gasteiger partial charge in [0.05, 0.1) is 11.6 Å². The van der Waals surface area contributed by atoms with Gasteiger partial charge in [0.15, 0.2) is 0 Å². The van der Waals surface area contributed by atoms with Gasteiger partial charge in [-0.3, -0.25) is 9.69 Å². The molecule has 1 saturated heterocycles. The highest BCUT2D eigenvalue weighted by Gasteiger charge is 2.26. The molecule has 2 aromatic rings. The van der Waals surface area contributed by atoms with Crippen molar-refractivity contribution >= 4 is 5.91 Å². The third kappa shape index (κ3) is 3.62. The van der Waals surface area contributed by atoms with Crippen molar-refractivity contribution < 1.29 is 13.6 Å². The highest BCUT2D eigenvalue weighted by Crippen LogP contribution is 2.26. The Morgan fingerprint density at radius 1 is 1.26 bits per heavy atom. The van der Waals surface area contributed by atoms with Gasteiger partial charge in [-0.2, -0.15) is 0 Å². The summed E-state index contributed by atoms with van der Waals surface area (Å²) >= 11 is 0. The Bertz CT molecular complexity index is 677. The maximum Gasteiger partial charge on any atom is 0.254 e. The molecular weight excluding hydrogens is 295 g/mol. The van der Waals surface area contributed by atoms with Gasteiger partial charge in [-0.25, -0.2) is 4.39 Å². The van der Waals surface area contributed by atoms with E-state index in [0.29, 0.717) is 6.54 Å². The Labute approximate surface area is 135 Å². The van der Waals surface area contributed by atoms with Gasteiger partial charge in [0.25, 0.3) is 5.91 Å². The van der Waals surface area contributed by atoms with Crippen LogP contribution in [0.1, 0.15) is 40.8 Å². The molecule has 1 fully saturated rings. The zero-order valence-corrected chi connectivity index (χ0v) is 13.2. The monoisotopic (exact) mass is 316 g/mol. The number of halogens is 1. The average molecular weight is 316 g/mol. The van der Waals surface area contributed by atoms with Crippen molar-refractivity contribution in [3.8, 4) is 0 Å². The molecule has 0 spiro atoms. The van der Waals surface area contributed by atoms with Crippen molar-refractivity contribution in [1.82, 2.24) is 10.2 Å². The normalized spacial score (nSPS) is 16.4. The number of furan rings is 1. The maximum atomic E-state index is 13.7. The summed E-state index contributed by atoms with van der Waals surface area (Å²) in [5.74, 6) is 0.801. The Morgan fingerprint density at radius 3 is 2.65 bits per heavy atom. The van der Waals surface area contributed by atoms with E-state index in [-0.39, 0.29) is 11.6 Å². The van der Waals surface area contributed by atoms with Crippen molar-refractivity contribution in [2.24, 2.45) is 0 Å². The number of carbonyl (C=O) groups is 1.